The number of benzene rings is 2. The van der Waals surface area contributed by atoms with Crippen molar-refractivity contribution in [2.24, 2.45) is 0 Å². The fraction of sp³-hybridized carbons (Fsp3) is 0.290. The van der Waals surface area contributed by atoms with Crippen LogP contribution in [0.3, 0.4) is 0 Å². The highest BCUT2D eigenvalue weighted by atomic mass is 19.1. The number of hydrogen-bond donors (Lipinski definition) is 2. The largest absolute Gasteiger partial charge is 0.508 e. The molecule has 1 aliphatic carbocycles. The van der Waals surface area contributed by atoms with E-state index >= 15 is 0 Å². The first-order valence-corrected chi connectivity index (χ1v) is 13.9. The number of aromatic nitrogens is 4. The number of nitrogens with two attached hydrogens (primary N) is 1. The second kappa shape index (κ2) is 9.81. The molecule has 9 nitrogen and oxygen atoms in total. The van der Waals surface area contributed by atoms with Crippen molar-refractivity contribution >= 4 is 33.2 Å². The number of phenols is 1. The zero-order chi connectivity index (χ0) is 28.2. The Bertz CT molecular complexity index is 1890. The average molecular weight is 553 g/mol. The fourth-order valence-electron chi connectivity index (χ4n) is 6.13. The Hall–Kier alpha value is -4.57. The smallest absolute Gasteiger partial charge is 0.343 e. The van der Waals surface area contributed by atoms with Gasteiger partial charge in [0, 0.05) is 36.3 Å². The lowest BCUT2D eigenvalue weighted by atomic mass is 9.88. The third-order valence-electron chi connectivity index (χ3n) is 8.44. The van der Waals surface area contributed by atoms with Crippen LogP contribution in [0.15, 0.2) is 64.1 Å². The van der Waals surface area contributed by atoms with Gasteiger partial charge in [-0.25, -0.2) is 23.8 Å². The molecule has 1 unspecified atom stereocenters. The Labute approximate surface area is 234 Å². The normalized spacial score (nSPS) is 17.1. The molecule has 1 atom stereocenters. The number of halogens is 1. The lowest BCUT2D eigenvalue weighted by Gasteiger charge is -2.39. The van der Waals surface area contributed by atoms with Crippen LogP contribution in [0.4, 0.5) is 10.2 Å². The van der Waals surface area contributed by atoms with Crippen LogP contribution in [0.25, 0.3) is 38.6 Å². The van der Waals surface area contributed by atoms with Crippen LogP contribution in [0.2, 0.25) is 0 Å². The van der Waals surface area contributed by atoms with Gasteiger partial charge >= 0.3 is 5.63 Å². The van der Waals surface area contributed by atoms with E-state index in [2.05, 4.69) is 20.9 Å². The summed E-state index contributed by atoms with van der Waals surface area (Å²) >= 11 is 0. The lowest BCUT2D eigenvalue weighted by Crippen LogP contribution is -2.42. The molecular formula is C31H29FN6O3. The molecule has 41 heavy (non-hydrogen) atoms. The van der Waals surface area contributed by atoms with Gasteiger partial charge in [0.2, 0.25) is 0 Å². The van der Waals surface area contributed by atoms with E-state index in [9.17, 15) is 14.3 Å². The van der Waals surface area contributed by atoms with Crippen LogP contribution in [-0.2, 0) is 0 Å². The van der Waals surface area contributed by atoms with E-state index in [4.69, 9.17) is 15.2 Å². The second-order valence-corrected chi connectivity index (χ2v) is 10.9. The molecule has 3 N–H and O–H groups in total. The van der Waals surface area contributed by atoms with Crippen molar-refractivity contribution in [3.05, 3.63) is 82.4 Å². The number of phenolic OH excluding ortho intramolecular Hbond substituents is 1. The summed E-state index contributed by atoms with van der Waals surface area (Å²) in [7, 11) is 0. The number of anilines is 1. The van der Waals surface area contributed by atoms with Crippen molar-refractivity contribution in [3.8, 4) is 17.0 Å². The summed E-state index contributed by atoms with van der Waals surface area (Å²) in [6.07, 6.45) is 8.20. The Balaban J connectivity index is 1.42. The number of hydrogen-bond acceptors (Lipinski definition) is 8. The topological polar surface area (TPSA) is 123 Å². The van der Waals surface area contributed by atoms with Crippen molar-refractivity contribution in [2.75, 3.05) is 18.8 Å². The summed E-state index contributed by atoms with van der Waals surface area (Å²) in [5.74, 6) is -0.228. The third kappa shape index (κ3) is 4.26. The van der Waals surface area contributed by atoms with Gasteiger partial charge in [0.25, 0.3) is 0 Å². The first-order chi connectivity index (χ1) is 19.9. The van der Waals surface area contributed by atoms with E-state index < -0.39 is 17.5 Å². The summed E-state index contributed by atoms with van der Waals surface area (Å²) in [6.45, 7) is 3.68. The van der Waals surface area contributed by atoms with Crippen molar-refractivity contribution in [2.45, 2.75) is 44.7 Å². The molecule has 2 aliphatic rings. The molecule has 1 fully saturated rings. The van der Waals surface area contributed by atoms with Crippen LogP contribution >= 0.6 is 0 Å². The molecule has 7 rings (SSSR count). The maximum Gasteiger partial charge on any atom is 0.343 e. The molecule has 208 valence electrons. The third-order valence-corrected chi connectivity index (χ3v) is 8.44. The van der Waals surface area contributed by atoms with E-state index in [0.717, 1.165) is 42.1 Å². The predicted molar refractivity (Wildman–Crippen MR) is 155 cm³/mol. The molecule has 0 radical (unpaired) electrons. The zero-order valence-corrected chi connectivity index (χ0v) is 22.5. The monoisotopic (exact) mass is 552 g/mol. The number of fused-ring (bicyclic) bond motifs is 2. The predicted octanol–water partition coefficient (Wildman–Crippen LogP) is 5.28. The molecule has 0 spiro atoms. The molecule has 4 heterocycles. The van der Waals surface area contributed by atoms with Crippen molar-refractivity contribution in [1.82, 2.24) is 24.6 Å². The summed E-state index contributed by atoms with van der Waals surface area (Å²) in [6, 6.07) is 11.3. The molecule has 10 heteroatoms. The van der Waals surface area contributed by atoms with Crippen molar-refractivity contribution < 1.29 is 13.9 Å². The highest BCUT2D eigenvalue weighted by molar-refractivity contribution is 5.99. The minimum atomic E-state index is -0.617. The quantitative estimate of drug-likeness (QED) is 0.302. The van der Waals surface area contributed by atoms with Crippen LogP contribution in [-0.4, -0.2) is 48.9 Å². The highest BCUT2D eigenvalue weighted by Gasteiger charge is 2.30. The number of nitrogen functional groups attached to an aromatic ring is 1. The van der Waals surface area contributed by atoms with Gasteiger partial charge in [0.15, 0.2) is 5.65 Å². The standard InChI is InChI=1S/C31H29FN6O3/c1-17(38-30-26(29(33)34-16-35-30)27(36-38)19-13-20(32)15-22(39)14-19)28-25(23-7-2-3-8-24(23)31(40)41-28)18-9-11-37(12-10-18)21-5-4-6-21/h2-3,7-9,13-17,21,39H,4-6,10-12H2,1H3,(H2,33,34,35). The molecule has 1 aliphatic heterocycles. The van der Waals surface area contributed by atoms with Crippen molar-refractivity contribution in [3.63, 3.8) is 0 Å². The van der Waals surface area contributed by atoms with Gasteiger partial charge in [0.1, 0.15) is 41.2 Å². The summed E-state index contributed by atoms with van der Waals surface area (Å²) in [5, 5.41) is 16.6. The molecule has 1 saturated carbocycles. The van der Waals surface area contributed by atoms with E-state index in [-0.39, 0.29) is 11.6 Å². The first kappa shape index (κ1) is 25.4. The Morgan fingerprint density at radius 1 is 1.15 bits per heavy atom. The minimum absolute atomic E-state index is 0.165. The zero-order valence-electron chi connectivity index (χ0n) is 22.5. The number of rotatable bonds is 5. The van der Waals surface area contributed by atoms with Gasteiger partial charge in [-0.2, -0.15) is 5.10 Å². The molecule has 0 saturated heterocycles. The van der Waals surface area contributed by atoms with Crippen LogP contribution in [0, 0.1) is 5.82 Å². The van der Waals surface area contributed by atoms with Gasteiger partial charge in [-0.15, -0.1) is 0 Å². The lowest BCUT2D eigenvalue weighted by molar-refractivity contribution is 0.141. The summed E-state index contributed by atoms with van der Waals surface area (Å²) < 4.78 is 22.0. The fourth-order valence-corrected chi connectivity index (χ4v) is 6.13. The first-order valence-electron chi connectivity index (χ1n) is 13.9. The van der Waals surface area contributed by atoms with Gasteiger partial charge in [-0.05, 0) is 55.3 Å². The maximum absolute atomic E-state index is 14.3. The molecular weight excluding hydrogens is 523 g/mol. The van der Waals surface area contributed by atoms with Gasteiger partial charge < -0.3 is 15.3 Å². The van der Waals surface area contributed by atoms with Crippen molar-refractivity contribution in [1.29, 1.82) is 0 Å². The summed E-state index contributed by atoms with van der Waals surface area (Å²) in [4.78, 5) is 24.4. The minimum Gasteiger partial charge on any atom is -0.508 e. The molecule has 0 bridgehead atoms. The Morgan fingerprint density at radius 3 is 2.66 bits per heavy atom. The summed E-state index contributed by atoms with van der Waals surface area (Å²) in [5.41, 5.74) is 8.90. The molecule has 5 aromatic rings. The van der Waals surface area contributed by atoms with Crippen LogP contribution < -0.4 is 11.4 Å². The van der Waals surface area contributed by atoms with Gasteiger partial charge in [-0.3, -0.25) is 4.90 Å². The molecule has 0 amide bonds. The number of nitrogens with zero attached hydrogens (tertiary/aromatic N) is 5. The average Bonchev–Trinajstić information content (AvgIpc) is 3.33. The SMILES string of the molecule is CC(c1oc(=O)c2ccccc2c1C1=CCN(C2CCC2)CC1)n1nc(-c2cc(O)cc(F)c2)c2c(N)ncnc21. The van der Waals surface area contributed by atoms with Crippen LogP contribution in [0.1, 0.15) is 50.0 Å². The van der Waals surface area contributed by atoms with E-state index in [1.54, 1.807) is 10.7 Å². The van der Waals surface area contributed by atoms with E-state index in [1.165, 1.54) is 37.7 Å². The molecule has 2 aromatic carbocycles. The maximum atomic E-state index is 14.3. The van der Waals surface area contributed by atoms with Gasteiger partial charge in [0.05, 0.1) is 10.8 Å². The number of aromatic hydroxyl groups is 1. The molecule has 3 aromatic heterocycles. The second-order valence-electron chi connectivity index (χ2n) is 10.9. The van der Waals surface area contributed by atoms with E-state index in [0.29, 0.717) is 39.5 Å². The van der Waals surface area contributed by atoms with Gasteiger partial charge in [-0.1, -0.05) is 30.7 Å². The van der Waals surface area contributed by atoms with Crippen LogP contribution in [0.5, 0.6) is 5.75 Å². The Kier molecular flexibility index (Phi) is 6.08. The van der Waals surface area contributed by atoms with E-state index in [1.807, 2.05) is 25.1 Å². The highest BCUT2D eigenvalue weighted by Crippen LogP contribution is 2.39. The Morgan fingerprint density at radius 2 is 1.95 bits per heavy atom.